The fourth-order valence-electron chi connectivity index (χ4n) is 5.18. The SMILES string of the molecule is COCCNC1CCC(CCCN2CCC(Cc3cc(OC)ccc3Br)CC2)CC1. The van der Waals surface area contributed by atoms with Crippen molar-refractivity contribution in [1.29, 1.82) is 0 Å². The molecule has 1 saturated heterocycles. The Morgan fingerprint density at radius 2 is 1.80 bits per heavy atom. The maximum Gasteiger partial charge on any atom is 0.119 e. The third-order valence-electron chi connectivity index (χ3n) is 7.14. The summed E-state index contributed by atoms with van der Waals surface area (Å²) in [6, 6.07) is 7.06. The zero-order valence-electron chi connectivity index (χ0n) is 19.0. The second kappa shape index (κ2) is 13.0. The van der Waals surface area contributed by atoms with E-state index in [0.717, 1.165) is 43.2 Å². The van der Waals surface area contributed by atoms with Gasteiger partial charge in [-0.1, -0.05) is 15.9 Å². The molecule has 4 nitrogen and oxygen atoms in total. The van der Waals surface area contributed by atoms with E-state index in [4.69, 9.17) is 9.47 Å². The predicted octanol–water partition coefficient (Wildman–Crippen LogP) is 5.29. The smallest absolute Gasteiger partial charge is 0.119 e. The van der Waals surface area contributed by atoms with Gasteiger partial charge in [0, 0.05) is 24.2 Å². The van der Waals surface area contributed by atoms with E-state index in [2.05, 4.69) is 38.3 Å². The van der Waals surface area contributed by atoms with Gasteiger partial charge in [0.15, 0.2) is 0 Å². The average molecular weight is 482 g/mol. The van der Waals surface area contributed by atoms with Crippen molar-refractivity contribution in [3.63, 3.8) is 0 Å². The number of nitrogens with zero attached hydrogens (tertiary/aromatic N) is 1. The van der Waals surface area contributed by atoms with E-state index in [1.165, 1.54) is 81.0 Å². The summed E-state index contributed by atoms with van der Waals surface area (Å²) in [5.41, 5.74) is 1.39. The molecule has 1 aliphatic heterocycles. The molecule has 30 heavy (non-hydrogen) atoms. The molecule has 1 aliphatic carbocycles. The molecule has 2 aliphatic rings. The number of nitrogens with one attached hydrogen (secondary N) is 1. The van der Waals surface area contributed by atoms with Crippen molar-refractivity contribution in [2.45, 2.75) is 63.8 Å². The Labute approximate surface area is 192 Å². The minimum absolute atomic E-state index is 0.722. The van der Waals surface area contributed by atoms with Crippen LogP contribution in [0, 0.1) is 11.8 Å². The molecule has 2 fully saturated rings. The van der Waals surface area contributed by atoms with Crippen molar-refractivity contribution in [3.05, 3.63) is 28.2 Å². The minimum Gasteiger partial charge on any atom is -0.497 e. The molecule has 0 radical (unpaired) electrons. The molecule has 1 aromatic carbocycles. The first-order valence-electron chi connectivity index (χ1n) is 11.9. The van der Waals surface area contributed by atoms with Crippen molar-refractivity contribution in [2.75, 3.05) is 47.0 Å². The van der Waals surface area contributed by atoms with Crippen LogP contribution in [0.3, 0.4) is 0 Å². The van der Waals surface area contributed by atoms with Crippen molar-refractivity contribution >= 4 is 15.9 Å². The summed E-state index contributed by atoms with van der Waals surface area (Å²) in [4.78, 5) is 2.70. The normalized spacial score (nSPS) is 23.6. The molecule has 0 unspecified atom stereocenters. The van der Waals surface area contributed by atoms with Crippen LogP contribution in [0.15, 0.2) is 22.7 Å². The summed E-state index contributed by atoms with van der Waals surface area (Å²) in [5, 5.41) is 3.64. The molecule has 0 atom stereocenters. The second-order valence-electron chi connectivity index (χ2n) is 9.25. The zero-order valence-corrected chi connectivity index (χ0v) is 20.6. The molecule has 1 N–H and O–H groups in total. The van der Waals surface area contributed by atoms with Gasteiger partial charge in [-0.2, -0.15) is 0 Å². The fraction of sp³-hybridized carbons (Fsp3) is 0.760. The lowest BCUT2D eigenvalue weighted by Gasteiger charge is -2.33. The summed E-state index contributed by atoms with van der Waals surface area (Å²) >= 11 is 3.71. The third kappa shape index (κ3) is 7.81. The Balaban J connectivity index is 1.28. The molecule has 0 aromatic heterocycles. The Morgan fingerprint density at radius 3 is 2.50 bits per heavy atom. The van der Waals surface area contributed by atoms with Crippen LogP contribution in [-0.4, -0.2) is 57.9 Å². The van der Waals surface area contributed by atoms with Gasteiger partial charge >= 0.3 is 0 Å². The molecule has 1 heterocycles. The van der Waals surface area contributed by atoms with E-state index in [9.17, 15) is 0 Å². The van der Waals surface area contributed by atoms with Crippen molar-refractivity contribution in [1.82, 2.24) is 10.2 Å². The average Bonchev–Trinajstić information content (AvgIpc) is 2.78. The van der Waals surface area contributed by atoms with Crippen LogP contribution in [0.5, 0.6) is 5.75 Å². The molecular formula is C25H41BrN2O2. The first-order valence-corrected chi connectivity index (χ1v) is 12.7. The number of hydrogen-bond acceptors (Lipinski definition) is 4. The largest absolute Gasteiger partial charge is 0.497 e. The van der Waals surface area contributed by atoms with E-state index >= 15 is 0 Å². The monoisotopic (exact) mass is 480 g/mol. The van der Waals surface area contributed by atoms with Gasteiger partial charge in [-0.15, -0.1) is 0 Å². The van der Waals surface area contributed by atoms with E-state index in [-0.39, 0.29) is 0 Å². The highest BCUT2D eigenvalue weighted by molar-refractivity contribution is 9.10. The molecule has 170 valence electrons. The predicted molar refractivity (Wildman–Crippen MR) is 128 cm³/mol. The van der Waals surface area contributed by atoms with Gasteiger partial charge in [0.25, 0.3) is 0 Å². The number of ether oxygens (including phenoxy) is 2. The van der Waals surface area contributed by atoms with Gasteiger partial charge in [0.05, 0.1) is 13.7 Å². The Morgan fingerprint density at radius 1 is 1.03 bits per heavy atom. The van der Waals surface area contributed by atoms with Crippen LogP contribution in [0.1, 0.15) is 56.9 Å². The number of methoxy groups -OCH3 is 2. The van der Waals surface area contributed by atoms with Crippen molar-refractivity contribution in [2.24, 2.45) is 11.8 Å². The van der Waals surface area contributed by atoms with Crippen LogP contribution in [-0.2, 0) is 11.2 Å². The summed E-state index contributed by atoms with van der Waals surface area (Å²) in [5.74, 6) is 2.71. The van der Waals surface area contributed by atoms with Gasteiger partial charge in [-0.3, -0.25) is 0 Å². The Hall–Kier alpha value is -0.620. The molecule has 0 bridgehead atoms. The quantitative estimate of drug-likeness (QED) is 0.436. The van der Waals surface area contributed by atoms with E-state index < -0.39 is 0 Å². The zero-order chi connectivity index (χ0) is 21.2. The van der Waals surface area contributed by atoms with Crippen LogP contribution in [0.2, 0.25) is 0 Å². The van der Waals surface area contributed by atoms with E-state index in [1.54, 1.807) is 14.2 Å². The van der Waals surface area contributed by atoms with Gasteiger partial charge < -0.3 is 19.7 Å². The summed E-state index contributed by atoms with van der Waals surface area (Å²) in [6.45, 7) is 5.65. The minimum atomic E-state index is 0.722. The number of likely N-dealkylation sites (tertiary alicyclic amines) is 1. The first-order chi connectivity index (χ1) is 14.7. The third-order valence-corrected chi connectivity index (χ3v) is 7.91. The number of benzene rings is 1. The second-order valence-corrected chi connectivity index (χ2v) is 10.1. The molecule has 0 amide bonds. The highest BCUT2D eigenvalue weighted by Crippen LogP contribution is 2.30. The molecular weight excluding hydrogens is 440 g/mol. The number of hydrogen-bond donors (Lipinski definition) is 1. The van der Waals surface area contributed by atoms with Crippen LogP contribution >= 0.6 is 15.9 Å². The Bertz CT molecular complexity index is 611. The lowest BCUT2D eigenvalue weighted by atomic mass is 9.83. The van der Waals surface area contributed by atoms with Crippen LogP contribution in [0.25, 0.3) is 0 Å². The van der Waals surface area contributed by atoms with Crippen LogP contribution in [0.4, 0.5) is 0 Å². The molecule has 1 saturated carbocycles. The molecule has 3 rings (SSSR count). The van der Waals surface area contributed by atoms with Crippen molar-refractivity contribution in [3.8, 4) is 5.75 Å². The van der Waals surface area contributed by atoms with E-state index in [1.807, 2.05) is 6.07 Å². The summed E-state index contributed by atoms with van der Waals surface area (Å²) in [7, 11) is 3.53. The maximum absolute atomic E-state index is 5.40. The summed E-state index contributed by atoms with van der Waals surface area (Å²) in [6.07, 6.45) is 12.1. The fourth-order valence-corrected chi connectivity index (χ4v) is 5.59. The van der Waals surface area contributed by atoms with Gasteiger partial charge in [0.1, 0.15) is 5.75 Å². The Kier molecular flexibility index (Phi) is 10.5. The molecule has 0 spiro atoms. The highest BCUT2D eigenvalue weighted by Gasteiger charge is 2.22. The van der Waals surface area contributed by atoms with Crippen molar-refractivity contribution < 1.29 is 9.47 Å². The van der Waals surface area contributed by atoms with Gasteiger partial charge in [-0.25, -0.2) is 0 Å². The summed E-state index contributed by atoms with van der Waals surface area (Å²) < 4.78 is 11.8. The topological polar surface area (TPSA) is 33.7 Å². The lowest BCUT2D eigenvalue weighted by molar-refractivity contribution is 0.171. The number of halogens is 1. The first kappa shape index (κ1) is 24.0. The molecule has 5 heteroatoms. The standard InChI is InChI=1S/C25H41BrN2O2/c1-29-17-13-27-23-7-5-20(6-8-23)4-3-14-28-15-11-21(12-16-28)18-22-19-24(30-2)9-10-25(22)26/h9-10,19-21,23,27H,3-8,11-18H2,1-2H3. The lowest BCUT2D eigenvalue weighted by Crippen LogP contribution is -2.36. The molecule has 1 aromatic rings. The highest BCUT2D eigenvalue weighted by atomic mass is 79.9. The maximum atomic E-state index is 5.40. The van der Waals surface area contributed by atoms with Gasteiger partial charge in [0.2, 0.25) is 0 Å². The van der Waals surface area contributed by atoms with Crippen LogP contribution < -0.4 is 10.1 Å². The number of rotatable bonds is 11. The number of piperidine rings is 1. The van der Waals surface area contributed by atoms with Gasteiger partial charge in [-0.05, 0) is 113 Å². The van der Waals surface area contributed by atoms with E-state index in [0.29, 0.717) is 0 Å².